The average Bonchev–Trinajstić information content (AvgIpc) is 3.16. The van der Waals surface area contributed by atoms with Gasteiger partial charge >= 0.3 is 0 Å². The highest BCUT2D eigenvalue weighted by atomic mass is 35.5. The minimum atomic E-state index is 0.730. The average molecular weight is 525 g/mol. The van der Waals surface area contributed by atoms with E-state index in [9.17, 15) is 0 Å². The molecule has 1 aliphatic heterocycles. The van der Waals surface area contributed by atoms with Gasteiger partial charge in [0.2, 0.25) is 0 Å². The third-order valence-corrected chi connectivity index (χ3v) is 7.54. The van der Waals surface area contributed by atoms with Crippen molar-refractivity contribution in [3.8, 4) is 0 Å². The van der Waals surface area contributed by atoms with E-state index in [-0.39, 0.29) is 0 Å². The predicted molar refractivity (Wildman–Crippen MR) is 156 cm³/mol. The topological polar surface area (TPSA) is 15.7 Å². The first-order chi connectivity index (χ1) is 17.7. The number of likely N-dealkylation sites (tertiary alicyclic amines) is 1. The lowest BCUT2D eigenvalue weighted by Crippen LogP contribution is -2.35. The highest BCUT2D eigenvalue weighted by molar-refractivity contribution is 7.97. The van der Waals surface area contributed by atoms with Crippen LogP contribution in [0.5, 0.6) is 0 Å². The SMILES string of the molecule is CN(CCCCN1CCC(COCc2ccccc2)CC1)Sc1ccccc1.ClC1=CC=CCC=C1. The predicted octanol–water partition coefficient (Wildman–Crippen LogP) is 7.96. The Morgan fingerprint density at radius 2 is 1.69 bits per heavy atom. The molecule has 0 N–H and O–H groups in total. The van der Waals surface area contributed by atoms with Crippen LogP contribution in [0.1, 0.15) is 37.7 Å². The van der Waals surface area contributed by atoms with Gasteiger partial charge in [0.15, 0.2) is 0 Å². The molecule has 1 aliphatic carbocycles. The van der Waals surface area contributed by atoms with Crippen LogP contribution in [0, 0.1) is 5.92 Å². The van der Waals surface area contributed by atoms with Crippen LogP contribution < -0.4 is 0 Å². The lowest BCUT2D eigenvalue weighted by molar-refractivity contribution is 0.0573. The van der Waals surface area contributed by atoms with Crippen molar-refractivity contribution in [2.45, 2.75) is 43.6 Å². The Bertz CT molecular complexity index is 924. The molecular weight excluding hydrogens is 484 g/mol. The number of unbranched alkanes of at least 4 members (excludes halogenated alkanes) is 1. The van der Waals surface area contributed by atoms with E-state index in [0.717, 1.165) is 37.1 Å². The number of piperidine rings is 1. The number of halogens is 1. The maximum absolute atomic E-state index is 5.94. The number of ether oxygens (including phenoxy) is 1. The number of hydrogen-bond acceptors (Lipinski definition) is 4. The first-order valence-electron chi connectivity index (χ1n) is 13.2. The van der Waals surface area contributed by atoms with Gasteiger partial charge in [-0.1, -0.05) is 78.4 Å². The van der Waals surface area contributed by atoms with Gasteiger partial charge in [-0.2, -0.15) is 0 Å². The van der Waals surface area contributed by atoms with E-state index in [1.54, 1.807) is 0 Å². The quantitative estimate of drug-likeness (QED) is 0.219. The molecule has 0 atom stereocenters. The summed E-state index contributed by atoms with van der Waals surface area (Å²) in [6.07, 6.45) is 15.9. The number of rotatable bonds is 11. The second kappa shape index (κ2) is 17.6. The van der Waals surface area contributed by atoms with Crippen molar-refractivity contribution >= 4 is 23.5 Å². The van der Waals surface area contributed by atoms with Gasteiger partial charge in [-0.05, 0) is 107 Å². The fourth-order valence-electron chi connectivity index (χ4n) is 4.22. The zero-order valence-corrected chi connectivity index (χ0v) is 23.2. The molecule has 194 valence electrons. The van der Waals surface area contributed by atoms with Gasteiger partial charge in [0, 0.05) is 23.1 Å². The van der Waals surface area contributed by atoms with Gasteiger partial charge in [-0.3, -0.25) is 0 Å². The van der Waals surface area contributed by atoms with E-state index >= 15 is 0 Å². The number of hydrogen-bond donors (Lipinski definition) is 0. The molecule has 5 heteroatoms. The van der Waals surface area contributed by atoms with Gasteiger partial charge in [0.25, 0.3) is 0 Å². The van der Waals surface area contributed by atoms with E-state index in [4.69, 9.17) is 16.3 Å². The monoisotopic (exact) mass is 524 g/mol. The van der Waals surface area contributed by atoms with Crippen molar-refractivity contribution in [1.82, 2.24) is 9.21 Å². The summed E-state index contributed by atoms with van der Waals surface area (Å²) in [5, 5.41) is 0.804. The first-order valence-corrected chi connectivity index (χ1v) is 14.3. The lowest BCUT2D eigenvalue weighted by atomic mass is 9.97. The van der Waals surface area contributed by atoms with Crippen LogP contribution in [0.3, 0.4) is 0 Å². The molecule has 0 spiro atoms. The summed E-state index contributed by atoms with van der Waals surface area (Å²) in [4.78, 5) is 3.96. The highest BCUT2D eigenvalue weighted by Crippen LogP contribution is 2.21. The van der Waals surface area contributed by atoms with Crippen molar-refractivity contribution in [3.63, 3.8) is 0 Å². The van der Waals surface area contributed by atoms with Gasteiger partial charge in [0.1, 0.15) is 0 Å². The third-order valence-electron chi connectivity index (χ3n) is 6.31. The molecule has 2 aliphatic rings. The normalized spacial score (nSPS) is 16.4. The molecule has 36 heavy (non-hydrogen) atoms. The zero-order valence-electron chi connectivity index (χ0n) is 21.6. The van der Waals surface area contributed by atoms with Gasteiger partial charge in [-0.15, -0.1) is 0 Å². The molecule has 0 amide bonds. The lowest BCUT2D eigenvalue weighted by Gasteiger charge is -2.32. The smallest absolute Gasteiger partial charge is 0.0717 e. The molecule has 0 bridgehead atoms. The van der Waals surface area contributed by atoms with Gasteiger partial charge in [-0.25, -0.2) is 4.31 Å². The molecule has 4 rings (SSSR count). The van der Waals surface area contributed by atoms with Crippen LogP contribution in [0.25, 0.3) is 0 Å². The molecule has 0 unspecified atom stereocenters. The van der Waals surface area contributed by atoms with Crippen LogP contribution in [0.4, 0.5) is 0 Å². The molecule has 3 nitrogen and oxygen atoms in total. The van der Waals surface area contributed by atoms with E-state index in [2.05, 4.69) is 83.0 Å². The summed E-state index contributed by atoms with van der Waals surface area (Å²) in [6, 6.07) is 21.1. The molecular formula is C31H41ClN2OS. The molecule has 2 aromatic carbocycles. The first kappa shape index (κ1) is 28.7. The largest absolute Gasteiger partial charge is 0.376 e. The van der Waals surface area contributed by atoms with Gasteiger partial charge in [0.05, 0.1) is 6.61 Å². The highest BCUT2D eigenvalue weighted by Gasteiger charge is 2.19. The minimum Gasteiger partial charge on any atom is -0.376 e. The Labute approximate surface area is 228 Å². The molecule has 0 saturated carbocycles. The Morgan fingerprint density at radius 1 is 0.972 bits per heavy atom. The molecule has 1 saturated heterocycles. The molecule has 2 aromatic rings. The molecule has 1 heterocycles. The maximum atomic E-state index is 5.94. The summed E-state index contributed by atoms with van der Waals surface area (Å²) in [5.41, 5.74) is 1.27. The summed E-state index contributed by atoms with van der Waals surface area (Å²) < 4.78 is 8.29. The van der Waals surface area contributed by atoms with Crippen LogP contribution >= 0.6 is 23.5 Å². The van der Waals surface area contributed by atoms with E-state index < -0.39 is 0 Å². The van der Waals surface area contributed by atoms with E-state index in [0.29, 0.717) is 0 Å². The van der Waals surface area contributed by atoms with E-state index in [1.807, 2.05) is 36.3 Å². The van der Waals surface area contributed by atoms with Crippen molar-refractivity contribution in [1.29, 1.82) is 0 Å². The van der Waals surface area contributed by atoms with Crippen molar-refractivity contribution < 1.29 is 4.74 Å². The Kier molecular flexibility index (Phi) is 14.1. The summed E-state index contributed by atoms with van der Waals surface area (Å²) >= 11 is 7.49. The standard InChI is InChI=1S/C24H34N2OS.C7H7Cl/c1-25(28-24-12-6-3-7-13-24)16-8-9-17-26-18-14-23(15-19-26)21-27-20-22-10-4-2-5-11-22;8-7-5-3-1-2-4-6-7/h2-7,10-13,23H,8-9,14-21H2,1H3;1,3-6H,2H2. The van der Waals surface area contributed by atoms with Crippen LogP contribution in [0.15, 0.2) is 101 Å². The van der Waals surface area contributed by atoms with Crippen molar-refractivity contribution in [2.24, 2.45) is 5.92 Å². The van der Waals surface area contributed by atoms with Crippen molar-refractivity contribution in [2.75, 3.05) is 39.8 Å². The molecule has 0 aromatic heterocycles. The third kappa shape index (κ3) is 12.4. The van der Waals surface area contributed by atoms with E-state index in [1.165, 1.54) is 55.8 Å². The molecule has 1 fully saturated rings. The maximum Gasteiger partial charge on any atom is 0.0717 e. The second-order valence-corrected chi connectivity index (χ2v) is 11.1. The Hall–Kier alpha value is -1.82. The molecule has 0 radical (unpaired) electrons. The summed E-state index contributed by atoms with van der Waals surface area (Å²) in [5.74, 6) is 0.730. The number of nitrogens with zero attached hydrogens (tertiary/aromatic N) is 2. The fourth-order valence-corrected chi connectivity index (χ4v) is 5.25. The van der Waals surface area contributed by atoms with Crippen LogP contribution in [0.2, 0.25) is 0 Å². The number of allylic oxidation sites excluding steroid dienone is 6. The van der Waals surface area contributed by atoms with Gasteiger partial charge < -0.3 is 9.64 Å². The number of benzene rings is 2. The summed E-state index contributed by atoms with van der Waals surface area (Å²) in [7, 11) is 2.19. The van der Waals surface area contributed by atoms with Crippen molar-refractivity contribution in [3.05, 3.63) is 102 Å². The van der Waals surface area contributed by atoms with Crippen LogP contribution in [-0.4, -0.2) is 49.0 Å². The Balaban J connectivity index is 0.000000383. The second-order valence-electron chi connectivity index (χ2n) is 9.37. The minimum absolute atomic E-state index is 0.730. The fraction of sp³-hybridized carbons (Fsp3) is 0.419. The van der Waals surface area contributed by atoms with Crippen LogP contribution in [-0.2, 0) is 11.3 Å². The zero-order chi connectivity index (χ0) is 25.3. The Morgan fingerprint density at radius 3 is 2.44 bits per heavy atom. The summed E-state index contributed by atoms with van der Waals surface area (Å²) in [6.45, 7) is 6.49.